The van der Waals surface area contributed by atoms with E-state index in [2.05, 4.69) is 10.6 Å². The SMILES string of the molecule is CCOC(=O)CNC(=O)Nc1c(C)n(C)n(-c2ccccc2)c1=O. The van der Waals surface area contributed by atoms with Gasteiger partial charge in [0.25, 0.3) is 5.56 Å². The summed E-state index contributed by atoms with van der Waals surface area (Å²) < 4.78 is 7.83. The molecule has 1 aromatic carbocycles. The Morgan fingerprint density at radius 3 is 2.50 bits per heavy atom. The van der Waals surface area contributed by atoms with Crippen LogP contribution in [0.25, 0.3) is 5.69 Å². The number of carbonyl (C=O) groups excluding carboxylic acids is 2. The molecule has 0 aliphatic carbocycles. The molecule has 8 nitrogen and oxygen atoms in total. The lowest BCUT2D eigenvalue weighted by molar-refractivity contribution is -0.141. The normalized spacial score (nSPS) is 10.3. The first-order valence-corrected chi connectivity index (χ1v) is 7.50. The minimum absolute atomic E-state index is 0.155. The first kappa shape index (κ1) is 17.3. The van der Waals surface area contributed by atoms with E-state index in [0.29, 0.717) is 11.4 Å². The van der Waals surface area contributed by atoms with E-state index in [-0.39, 0.29) is 24.4 Å². The van der Waals surface area contributed by atoms with Crippen molar-refractivity contribution in [1.82, 2.24) is 14.7 Å². The second-order valence-corrected chi connectivity index (χ2v) is 5.05. The summed E-state index contributed by atoms with van der Waals surface area (Å²) in [6, 6.07) is 8.45. The fraction of sp³-hybridized carbons (Fsp3) is 0.312. The molecule has 2 amide bonds. The molecule has 2 rings (SSSR count). The zero-order valence-electron chi connectivity index (χ0n) is 13.8. The lowest BCUT2D eigenvalue weighted by atomic mass is 10.3. The first-order valence-electron chi connectivity index (χ1n) is 7.50. The second kappa shape index (κ2) is 7.49. The number of urea groups is 1. The van der Waals surface area contributed by atoms with Gasteiger partial charge in [0.1, 0.15) is 12.2 Å². The van der Waals surface area contributed by atoms with Crippen LogP contribution in [0.3, 0.4) is 0 Å². The van der Waals surface area contributed by atoms with Crippen LogP contribution in [0.15, 0.2) is 35.1 Å². The van der Waals surface area contributed by atoms with Crippen LogP contribution in [0, 0.1) is 6.92 Å². The molecule has 0 unspecified atom stereocenters. The number of para-hydroxylation sites is 1. The molecule has 0 saturated heterocycles. The van der Waals surface area contributed by atoms with Crippen molar-refractivity contribution in [2.75, 3.05) is 18.5 Å². The highest BCUT2D eigenvalue weighted by Gasteiger charge is 2.18. The molecule has 1 aromatic heterocycles. The summed E-state index contributed by atoms with van der Waals surface area (Å²) in [4.78, 5) is 35.7. The highest BCUT2D eigenvalue weighted by atomic mass is 16.5. The molecule has 0 aliphatic rings. The largest absolute Gasteiger partial charge is 0.465 e. The predicted octanol–water partition coefficient (Wildman–Crippen LogP) is 1.17. The third kappa shape index (κ3) is 3.65. The lowest BCUT2D eigenvalue weighted by Gasteiger charge is -2.07. The van der Waals surface area contributed by atoms with Gasteiger partial charge in [-0.3, -0.25) is 14.3 Å². The van der Waals surface area contributed by atoms with Gasteiger partial charge in [0.2, 0.25) is 0 Å². The number of carbonyl (C=O) groups is 2. The maximum Gasteiger partial charge on any atom is 0.325 e. The Bertz CT molecular complexity index is 792. The van der Waals surface area contributed by atoms with E-state index in [0.717, 1.165) is 0 Å². The topological polar surface area (TPSA) is 94.4 Å². The molecule has 0 atom stereocenters. The Labute approximate surface area is 139 Å². The van der Waals surface area contributed by atoms with Gasteiger partial charge in [-0.05, 0) is 26.0 Å². The number of anilines is 1. The molecule has 0 radical (unpaired) electrons. The van der Waals surface area contributed by atoms with Crippen molar-refractivity contribution >= 4 is 17.7 Å². The Kier molecular flexibility index (Phi) is 5.41. The molecule has 128 valence electrons. The van der Waals surface area contributed by atoms with E-state index in [9.17, 15) is 14.4 Å². The molecular weight excluding hydrogens is 312 g/mol. The van der Waals surface area contributed by atoms with Crippen molar-refractivity contribution < 1.29 is 14.3 Å². The van der Waals surface area contributed by atoms with Gasteiger partial charge in [-0.15, -0.1) is 0 Å². The molecule has 0 bridgehead atoms. The van der Waals surface area contributed by atoms with Gasteiger partial charge in [0.15, 0.2) is 0 Å². The predicted molar refractivity (Wildman–Crippen MR) is 89.4 cm³/mol. The van der Waals surface area contributed by atoms with Crippen LogP contribution in [0.4, 0.5) is 10.5 Å². The van der Waals surface area contributed by atoms with Gasteiger partial charge in [0.05, 0.1) is 18.0 Å². The van der Waals surface area contributed by atoms with Crippen molar-refractivity contribution in [3.8, 4) is 5.69 Å². The summed E-state index contributed by atoms with van der Waals surface area (Å²) in [7, 11) is 1.73. The molecule has 24 heavy (non-hydrogen) atoms. The Morgan fingerprint density at radius 2 is 1.88 bits per heavy atom. The van der Waals surface area contributed by atoms with Crippen molar-refractivity contribution in [3.05, 3.63) is 46.4 Å². The summed E-state index contributed by atoms with van der Waals surface area (Å²) in [6.45, 7) is 3.37. The summed E-state index contributed by atoms with van der Waals surface area (Å²) in [6.07, 6.45) is 0. The van der Waals surface area contributed by atoms with Crippen LogP contribution >= 0.6 is 0 Å². The zero-order valence-corrected chi connectivity index (χ0v) is 13.8. The number of aromatic nitrogens is 2. The summed E-state index contributed by atoms with van der Waals surface area (Å²) >= 11 is 0. The van der Waals surface area contributed by atoms with Crippen molar-refractivity contribution in [1.29, 1.82) is 0 Å². The van der Waals surface area contributed by atoms with Gasteiger partial charge in [0, 0.05) is 7.05 Å². The number of nitrogens with one attached hydrogen (secondary N) is 2. The Hall–Kier alpha value is -3.03. The number of amides is 2. The molecule has 0 fully saturated rings. The number of benzene rings is 1. The van der Waals surface area contributed by atoms with Crippen LogP contribution in [0.1, 0.15) is 12.6 Å². The van der Waals surface area contributed by atoms with Gasteiger partial charge < -0.3 is 15.4 Å². The third-order valence-electron chi connectivity index (χ3n) is 3.49. The molecular formula is C16H20N4O4. The number of esters is 1. The molecule has 0 saturated carbocycles. The zero-order chi connectivity index (χ0) is 17.7. The van der Waals surface area contributed by atoms with Gasteiger partial charge in [-0.25, -0.2) is 9.48 Å². The number of ether oxygens (including phenoxy) is 1. The standard InChI is InChI=1S/C16H20N4O4/c1-4-24-13(21)10-17-16(23)18-14-11(2)19(3)20(15(14)22)12-8-6-5-7-9-12/h5-9H,4,10H2,1-3H3,(H2,17,18,23). The van der Waals surface area contributed by atoms with Gasteiger partial charge in [-0.1, -0.05) is 18.2 Å². The first-order chi connectivity index (χ1) is 11.5. The average Bonchev–Trinajstić information content (AvgIpc) is 2.78. The summed E-state index contributed by atoms with van der Waals surface area (Å²) in [5.74, 6) is -0.542. The summed E-state index contributed by atoms with van der Waals surface area (Å²) in [5, 5.41) is 4.85. The molecule has 1 heterocycles. The number of nitrogens with zero attached hydrogens (tertiary/aromatic N) is 2. The minimum Gasteiger partial charge on any atom is -0.465 e. The Morgan fingerprint density at radius 1 is 1.21 bits per heavy atom. The van der Waals surface area contributed by atoms with Crippen LogP contribution in [-0.4, -0.2) is 34.5 Å². The van der Waals surface area contributed by atoms with Crippen molar-refractivity contribution in [2.24, 2.45) is 7.05 Å². The number of rotatable bonds is 5. The average molecular weight is 332 g/mol. The second-order valence-electron chi connectivity index (χ2n) is 5.05. The summed E-state index contributed by atoms with van der Waals surface area (Å²) in [5.41, 5.74) is 1.08. The maximum atomic E-state index is 12.6. The van der Waals surface area contributed by atoms with Crippen LogP contribution < -0.4 is 16.2 Å². The van der Waals surface area contributed by atoms with E-state index >= 15 is 0 Å². The molecule has 0 spiro atoms. The number of hydrogen-bond acceptors (Lipinski definition) is 4. The van der Waals surface area contributed by atoms with Crippen molar-refractivity contribution in [2.45, 2.75) is 13.8 Å². The molecule has 2 aromatic rings. The third-order valence-corrected chi connectivity index (χ3v) is 3.49. The quantitative estimate of drug-likeness (QED) is 0.804. The van der Waals surface area contributed by atoms with E-state index < -0.39 is 12.0 Å². The highest BCUT2D eigenvalue weighted by molar-refractivity contribution is 5.91. The van der Waals surface area contributed by atoms with E-state index in [1.165, 1.54) is 4.68 Å². The number of hydrogen-bond donors (Lipinski definition) is 2. The van der Waals surface area contributed by atoms with E-state index in [1.54, 1.807) is 37.7 Å². The Balaban J connectivity index is 2.19. The lowest BCUT2D eigenvalue weighted by Crippen LogP contribution is -2.35. The van der Waals surface area contributed by atoms with Gasteiger partial charge >= 0.3 is 12.0 Å². The maximum absolute atomic E-state index is 12.6. The van der Waals surface area contributed by atoms with Gasteiger partial charge in [-0.2, -0.15) is 0 Å². The van der Waals surface area contributed by atoms with Crippen LogP contribution in [0.5, 0.6) is 0 Å². The van der Waals surface area contributed by atoms with Crippen LogP contribution in [0.2, 0.25) is 0 Å². The highest BCUT2D eigenvalue weighted by Crippen LogP contribution is 2.13. The smallest absolute Gasteiger partial charge is 0.325 e. The molecule has 2 N–H and O–H groups in total. The fourth-order valence-electron chi connectivity index (χ4n) is 2.23. The molecule has 8 heteroatoms. The monoisotopic (exact) mass is 332 g/mol. The van der Waals surface area contributed by atoms with E-state index in [1.807, 2.05) is 18.2 Å². The minimum atomic E-state index is -0.644. The molecule has 0 aliphatic heterocycles. The van der Waals surface area contributed by atoms with Crippen LogP contribution in [-0.2, 0) is 16.6 Å². The van der Waals surface area contributed by atoms with E-state index in [4.69, 9.17) is 4.74 Å². The van der Waals surface area contributed by atoms with Crippen molar-refractivity contribution in [3.63, 3.8) is 0 Å². The fourth-order valence-corrected chi connectivity index (χ4v) is 2.23.